The molecule has 0 fully saturated rings. The van der Waals surface area contributed by atoms with E-state index in [-0.39, 0.29) is 11.6 Å². The number of halogens is 1. The van der Waals surface area contributed by atoms with Gasteiger partial charge in [-0.3, -0.25) is 0 Å². The van der Waals surface area contributed by atoms with Gasteiger partial charge in [-0.05, 0) is 31.9 Å². The molecule has 0 amide bonds. The van der Waals surface area contributed by atoms with Crippen molar-refractivity contribution in [3.8, 4) is 5.75 Å². The third kappa shape index (κ3) is 4.18. The average Bonchev–Trinajstić information content (AvgIpc) is 2.33. The van der Waals surface area contributed by atoms with Gasteiger partial charge >= 0.3 is 0 Å². The molecule has 0 aliphatic carbocycles. The van der Waals surface area contributed by atoms with E-state index < -0.39 is 0 Å². The van der Waals surface area contributed by atoms with Gasteiger partial charge in [-0.15, -0.1) is 0 Å². The molecule has 0 saturated heterocycles. The highest BCUT2D eigenvalue weighted by molar-refractivity contribution is 6.29. The van der Waals surface area contributed by atoms with Crippen LogP contribution < -0.4 is 0 Å². The second-order valence-electron chi connectivity index (χ2n) is 4.12. The topological polar surface area (TPSA) is 48.7 Å². The third-order valence-corrected chi connectivity index (χ3v) is 2.74. The fourth-order valence-electron chi connectivity index (χ4n) is 1.70. The molecule has 0 spiro atoms. The van der Waals surface area contributed by atoms with Crippen LogP contribution in [0.1, 0.15) is 33.6 Å². The number of aromatic nitrogens is 1. The lowest BCUT2D eigenvalue weighted by Gasteiger charge is -2.22. The van der Waals surface area contributed by atoms with Gasteiger partial charge in [-0.2, -0.15) is 0 Å². The van der Waals surface area contributed by atoms with Gasteiger partial charge < -0.3 is 10.0 Å². The highest BCUT2D eigenvalue weighted by Gasteiger charge is 2.08. The molecule has 0 radical (unpaired) electrons. The van der Waals surface area contributed by atoms with Crippen molar-refractivity contribution in [2.75, 3.05) is 13.1 Å². The van der Waals surface area contributed by atoms with Crippen LogP contribution in [0.4, 0.5) is 5.82 Å². The van der Waals surface area contributed by atoms with Gasteiger partial charge in [0.2, 0.25) is 0 Å². The lowest BCUT2D eigenvalue weighted by atomic mass is 10.3. The first-order valence-corrected chi connectivity index (χ1v) is 6.62. The molecule has 5 heteroatoms. The number of rotatable bonds is 5. The minimum atomic E-state index is 0.0479. The van der Waals surface area contributed by atoms with E-state index in [1.165, 1.54) is 6.07 Å². The van der Waals surface area contributed by atoms with Crippen molar-refractivity contribution in [1.29, 1.82) is 0 Å². The Kier molecular flexibility index (Phi) is 5.92. The normalized spacial score (nSPS) is 11.7. The second-order valence-corrected chi connectivity index (χ2v) is 4.51. The van der Waals surface area contributed by atoms with Crippen LogP contribution in [0.3, 0.4) is 0 Å². The van der Waals surface area contributed by atoms with Gasteiger partial charge in [-0.1, -0.05) is 25.4 Å². The Bertz CT molecular complexity index is 415. The van der Waals surface area contributed by atoms with E-state index in [1.807, 2.05) is 6.92 Å². The van der Waals surface area contributed by atoms with E-state index in [0.717, 1.165) is 31.8 Å². The van der Waals surface area contributed by atoms with E-state index in [1.54, 1.807) is 6.07 Å². The summed E-state index contributed by atoms with van der Waals surface area (Å²) in [6.45, 7) is 8.08. The molecule has 100 valence electrons. The molecule has 1 rings (SSSR count). The van der Waals surface area contributed by atoms with Crippen molar-refractivity contribution in [2.45, 2.75) is 33.6 Å². The van der Waals surface area contributed by atoms with Crippen molar-refractivity contribution in [2.24, 2.45) is 4.99 Å². The highest BCUT2D eigenvalue weighted by Crippen LogP contribution is 2.25. The fraction of sp³-hybridized carbons (Fsp3) is 0.538. The maximum atomic E-state index is 9.68. The number of amidine groups is 1. The third-order valence-electron chi connectivity index (χ3n) is 2.53. The van der Waals surface area contributed by atoms with Crippen molar-refractivity contribution >= 4 is 23.3 Å². The van der Waals surface area contributed by atoms with Gasteiger partial charge in [0.25, 0.3) is 0 Å². The van der Waals surface area contributed by atoms with Gasteiger partial charge in [-0.25, -0.2) is 9.98 Å². The van der Waals surface area contributed by atoms with Crippen molar-refractivity contribution in [1.82, 2.24) is 9.88 Å². The number of hydrogen-bond donors (Lipinski definition) is 1. The maximum absolute atomic E-state index is 9.68. The number of aliphatic imine (C=N–C) groups is 1. The molecule has 1 heterocycles. The minimum absolute atomic E-state index is 0.0479. The van der Waals surface area contributed by atoms with Crippen molar-refractivity contribution < 1.29 is 5.11 Å². The van der Waals surface area contributed by atoms with Crippen LogP contribution in [0.5, 0.6) is 5.75 Å². The number of aromatic hydroxyl groups is 1. The molecule has 1 aromatic heterocycles. The Balaban J connectivity index is 2.94. The predicted molar refractivity (Wildman–Crippen MR) is 75.8 cm³/mol. The Morgan fingerprint density at radius 2 is 1.94 bits per heavy atom. The molecule has 18 heavy (non-hydrogen) atoms. The summed E-state index contributed by atoms with van der Waals surface area (Å²) in [7, 11) is 0. The van der Waals surface area contributed by atoms with Crippen molar-refractivity contribution in [3.63, 3.8) is 0 Å². The first kappa shape index (κ1) is 14.8. The molecule has 0 atom stereocenters. The van der Waals surface area contributed by atoms with E-state index in [4.69, 9.17) is 11.6 Å². The molecular weight excluding hydrogens is 250 g/mol. The maximum Gasteiger partial charge on any atom is 0.197 e. The standard InChI is InChI=1S/C13H20ClN3O/c1-4-8-17(9-5-2)10(3)15-13-11(18)6-7-12(14)16-13/h6-7,18H,4-5,8-9H2,1-3H3/b15-10+. The number of hydrogen-bond acceptors (Lipinski definition) is 3. The Morgan fingerprint density at radius 3 is 2.50 bits per heavy atom. The lowest BCUT2D eigenvalue weighted by molar-refractivity contribution is 0.414. The number of nitrogens with zero attached hydrogens (tertiary/aromatic N) is 3. The summed E-state index contributed by atoms with van der Waals surface area (Å²) in [5, 5.41) is 10.0. The van der Waals surface area contributed by atoms with Crippen LogP contribution >= 0.6 is 11.6 Å². The number of pyridine rings is 1. The first-order valence-electron chi connectivity index (χ1n) is 6.24. The molecule has 0 aliphatic heterocycles. The van der Waals surface area contributed by atoms with Crippen LogP contribution in [0.25, 0.3) is 0 Å². The molecular formula is C13H20ClN3O. The Hall–Kier alpha value is -1.29. The SMILES string of the molecule is CCCN(CCC)/C(C)=N/c1nc(Cl)ccc1O. The first-order chi connectivity index (χ1) is 8.58. The molecule has 0 aliphatic rings. The summed E-state index contributed by atoms with van der Waals surface area (Å²) in [5.41, 5.74) is 0. The Morgan fingerprint density at radius 1 is 1.33 bits per heavy atom. The van der Waals surface area contributed by atoms with E-state index in [9.17, 15) is 5.11 Å². The van der Waals surface area contributed by atoms with Gasteiger partial charge in [0.1, 0.15) is 11.0 Å². The summed E-state index contributed by atoms with van der Waals surface area (Å²) in [5.74, 6) is 1.17. The molecule has 1 N–H and O–H groups in total. The largest absolute Gasteiger partial charge is 0.504 e. The van der Waals surface area contributed by atoms with Crippen LogP contribution in [-0.4, -0.2) is 33.9 Å². The second kappa shape index (κ2) is 7.21. The summed E-state index contributed by atoms with van der Waals surface area (Å²) in [6, 6.07) is 3.05. The molecule has 4 nitrogen and oxygen atoms in total. The van der Waals surface area contributed by atoms with Crippen LogP contribution in [0.15, 0.2) is 17.1 Å². The zero-order valence-electron chi connectivity index (χ0n) is 11.1. The van der Waals surface area contributed by atoms with Gasteiger partial charge in [0.15, 0.2) is 11.6 Å². The van der Waals surface area contributed by atoms with Crippen LogP contribution in [-0.2, 0) is 0 Å². The summed E-state index contributed by atoms with van der Waals surface area (Å²) < 4.78 is 0. The summed E-state index contributed by atoms with van der Waals surface area (Å²) >= 11 is 5.80. The van der Waals surface area contributed by atoms with Crippen LogP contribution in [0.2, 0.25) is 5.15 Å². The summed E-state index contributed by atoms with van der Waals surface area (Å²) in [4.78, 5) is 10.6. The summed E-state index contributed by atoms with van der Waals surface area (Å²) in [6.07, 6.45) is 2.11. The molecule has 0 unspecified atom stereocenters. The molecule has 0 saturated carbocycles. The lowest BCUT2D eigenvalue weighted by Crippen LogP contribution is -2.30. The van der Waals surface area contributed by atoms with Gasteiger partial charge in [0.05, 0.1) is 0 Å². The zero-order valence-corrected chi connectivity index (χ0v) is 11.9. The monoisotopic (exact) mass is 269 g/mol. The predicted octanol–water partition coefficient (Wildman–Crippen LogP) is 3.61. The van der Waals surface area contributed by atoms with Crippen LogP contribution in [0, 0.1) is 0 Å². The fourth-order valence-corrected chi connectivity index (χ4v) is 1.84. The molecule has 1 aromatic rings. The Labute approximate surface area is 113 Å². The zero-order chi connectivity index (χ0) is 13.5. The molecule has 0 bridgehead atoms. The molecule has 0 aromatic carbocycles. The smallest absolute Gasteiger partial charge is 0.197 e. The minimum Gasteiger partial charge on any atom is -0.504 e. The van der Waals surface area contributed by atoms with Gasteiger partial charge in [0, 0.05) is 13.1 Å². The highest BCUT2D eigenvalue weighted by atomic mass is 35.5. The van der Waals surface area contributed by atoms with E-state index in [2.05, 4.69) is 28.7 Å². The van der Waals surface area contributed by atoms with Crippen molar-refractivity contribution in [3.05, 3.63) is 17.3 Å². The van der Waals surface area contributed by atoms with E-state index in [0.29, 0.717) is 5.15 Å². The quantitative estimate of drug-likeness (QED) is 0.505. The van der Waals surface area contributed by atoms with E-state index >= 15 is 0 Å². The average molecular weight is 270 g/mol.